The van der Waals surface area contributed by atoms with E-state index in [1.165, 1.54) is 0 Å². The summed E-state index contributed by atoms with van der Waals surface area (Å²) in [5.41, 5.74) is 0.423. The molecular formula is C17H25ClN2O3S. The molecule has 0 spiro atoms. The topological polar surface area (TPSA) is 59.5 Å². The molecule has 5 nitrogen and oxygen atoms in total. The highest BCUT2D eigenvalue weighted by atomic mass is 35.5. The molecule has 2 atom stereocenters. The van der Waals surface area contributed by atoms with Crippen LogP contribution in [-0.4, -0.2) is 44.6 Å². The van der Waals surface area contributed by atoms with Gasteiger partial charge in [-0.25, -0.2) is 9.78 Å². The van der Waals surface area contributed by atoms with Crippen molar-refractivity contribution in [3.63, 3.8) is 0 Å². The van der Waals surface area contributed by atoms with Crippen LogP contribution in [0.25, 0.3) is 0 Å². The van der Waals surface area contributed by atoms with E-state index in [1.54, 1.807) is 17.2 Å². The van der Waals surface area contributed by atoms with Gasteiger partial charge in [-0.05, 0) is 51.2 Å². The molecule has 2 heterocycles. The van der Waals surface area contributed by atoms with Crippen LogP contribution in [0.15, 0.2) is 18.3 Å². The first kappa shape index (κ1) is 19.2. The van der Waals surface area contributed by atoms with Crippen LogP contribution in [0.5, 0.6) is 0 Å². The molecule has 0 aliphatic carbocycles. The number of aromatic nitrogens is 1. The summed E-state index contributed by atoms with van der Waals surface area (Å²) in [4.78, 5) is 17.9. The van der Waals surface area contributed by atoms with E-state index in [-0.39, 0.29) is 12.0 Å². The zero-order valence-corrected chi connectivity index (χ0v) is 16.0. The molecule has 1 aromatic heterocycles. The predicted molar refractivity (Wildman–Crippen MR) is 96.5 cm³/mol. The molecule has 1 aliphatic heterocycles. The second-order valence-corrected chi connectivity index (χ2v) is 9.06. The lowest BCUT2D eigenvalue weighted by Gasteiger charge is -2.34. The Bertz CT molecular complexity index is 586. The average Bonchev–Trinajstić information content (AvgIpc) is 2.48. The third-order valence-corrected chi connectivity index (χ3v) is 5.43. The van der Waals surface area contributed by atoms with Gasteiger partial charge in [0.15, 0.2) is 0 Å². The van der Waals surface area contributed by atoms with E-state index in [2.05, 4.69) is 4.98 Å². The van der Waals surface area contributed by atoms with E-state index in [9.17, 15) is 9.00 Å². The molecular weight excluding hydrogens is 348 g/mol. The van der Waals surface area contributed by atoms with Gasteiger partial charge in [0.1, 0.15) is 10.8 Å². The molecule has 134 valence electrons. The highest BCUT2D eigenvalue weighted by Gasteiger charge is 2.28. The van der Waals surface area contributed by atoms with Crippen LogP contribution in [0.1, 0.15) is 39.2 Å². The van der Waals surface area contributed by atoms with Crippen molar-refractivity contribution in [3.05, 3.63) is 29.0 Å². The van der Waals surface area contributed by atoms with Crippen molar-refractivity contribution in [3.8, 4) is 0 Å². The summed E-state index contributed by atoms with van der Waals surface area (Å²) in [5.74, 6) is 1.29. The normalized spacial score (nSPS) is 19.8. The monoisotopic (exact) mass is 372 g/mol. The van der Waals surface area contributed by atoms with Gasteiger partial charge in [0.2, 0.25) is 0 Å². The Balaban J connectivity index is 1.84. The second kappa shape index (κ2) is 8.30. The third kappa shape index (κ3) is 6.40. The van der Waals surface area contributed by atoms with Gasteiger partial charge in [0, 0.05) is 35.8 Å². The lowest BCUT2D eigenvalue weighted by molar-refractivity contribution is 0.0176. The minimum atomic E-state index is -0.984. The molecule has 1 saturated heterocycles. The largest absolute Gasteiger partial charge is 0.444 e. The molecule has 1 amide bonds. The minimum Gasteiger partial charge on any atom is -0.444 e. The van der Waals surface area contributed by atoms with Crippen LogP contribution >= 0.6 is 11.6 Å². The molecule has 7 heteroatoms. The standard InChI is InChI=1S/C17H25ClN2O3S/c1-17(2,3)23-16(21)20-8-4-5-14(10-20)12-24(22)11-13-6-7-15(18)19-9-13/h6-7,9,14H,4-5,8,10-12H2,1-3H3/t14-,24-/m0/s1. The Labute approximate surface area is 151 Å². The average molecular weight is 373 g/mol. The molecule has 0 saturated carbocycles. The predicted octanol–water partition coefficient (Wildman–Crippen LogP) is 3.63. The second-order valence-electron chi connectivity index (χ2n) is 7.17. The van der Waals surface area contributed by atoms with E-state index in [0.29, 0.717) is 29.7 Å². The minimum absolute atomic E-state index is 0.243. The number of amides is 1. The SMILES string of the molecule is CC(C)(C)OC(=O)N1CCC[C@H](C[S@@](=O)Cc2ccc(Cl)nc2)C1. The third-order valence-electron chi connectivity index (χ3n) is 3.71. The smallest absolute Gasteiger partial charge is 0.410 e. The Kier molecular flexibility index (Phi) is 6.63. The van der Waals surface area contributed by atoms with Gasteiger partial charge in [0.05, 0.1) is 5.75 Å². The molecule has 0 radical (unpaired) electrons. The van der Waals surface area contributed by atoms with Crippen molar-refractivity contribution >= 4 is 28.5 Å². The Hall–Kier alpha value is -1.14. The molecule has 1 fully saturated rings. The molecule has 1 aromatic rings. The molecule has 0 unspecified atom stereocenters. The molecule has 0 N–H and O–H groups in total. The Morgan fingerprint density at radius 3 is 2.83 bits per heavy atom. The maximum absolute atomic E-state index is 12.4. The first-order valence-corrected chi connectivity index (χ1v) is 10.0. The first-order chi connectivity index (χ1) is 11.2. The number of piperidine rings is 1. The zero-order valence-electron chi connectivity index (χ0n) is 14.5. The van der Waals surface area contributed by atoms with Gasteiger partial charge in [0.25, 0.3) is 0 Å². The molecule has 2 rings (SSSR count). The fraction of sp³-hybridized carbons (Fsp3) is 0.647. The van der Waals surface area contributed by atoms with Crippen molar-refractivity contribution in [2.75, 3.05) is 18.8 Å². The zero-order chi connectivity index (χ0) is 17.7. The van der Waals surface area contributed by atoms with Crippen LogP contribution in [0.2, 0.25) is 5.15 Å². The lowest BCUT2D eigenvalue weighted by Crippen LogP contribution is -2.44. The van der Waals surface area contributed by atoms with Gasteiger partial charge >= 0.3 is 6.09 Å². The number of rotatable bonds is 4. The summed E-state index contributed by atoms with van der Waals surface area (Å²) < 4.78 is 17.8. The summed E-state index contributed by atoms with van der Waals surface area (Å²) in [7, 11) is -0.984. The van der Waals surface area contributed by atoms with Gasteiger partial charge in [-0.2, -0.15) is 0 Å². The number of pyridine rings is 1. The maximum Gasteiger partial charge on any atom is 0.410 e. The summed E-state index contributed by atoms with van der Waals surface area (Å²) in [5, 5.41) is 0.435. The van der Waals surface area contributed by atoms with Crippen molar-refractivity contribution in [1.82, 2.24) is 9.88 Å². The van der Waals surface area contributed by atoms with E-state index < -0.39 is 16.4 Å². The van der Waals surface area contributed by atoms with Gasteiger partial charge in [-0.1, -0.05) is 17.7 Å². The lowest BCUT2D eigenvalue weighted by atomic mass is 10.0. The van der Waals surface area contributed by atoms with Crippen molar-refractivity contribution < 1.29 is 13.7 Å². The van der Waals surface area contributed by atoms with E-state index in [0.717, 1.165) is 18.4 Å². The molecule has 1 aliphatic rings. The van der Waals surface area contributed by atoms with Crippen LogP contribution < -0.4 is 0 Å². The Morgan fingerprint density at radius 2 is 2.21 bits per heavy atom. The number of ether oxygens (including phenoxy) is 1. The number of carbonyl (C=O) groups excluding carboxylic acids is 1. The summed E-state index contributed by atoms with van der Waals surface area (Å²) >= 11 is 5.76. The summed E-state index contributed by atoms with van der Waals surface area (Å²) in [6.07, 6.45) is 3.29. The van der Waals surface area contributed by atoms with E-state index >= 15 is 0 Å². The maximum atomic E-state index is 12.4. The van der Waals surface area contributed by atoms with E-state index in [1.807, 2.05) is 26.8 Å². The summed E-state index contributed by atoms with van der Waals surface area (Å²) in [6, 6.07) is 3.56. The van der Waals surface area contributed by atoms with Crippen molar-refractivity contribution in [1.29, 1.82) is 0 Å². The number of carbonyl (C=O) groups is 1. The Morgan fingerprint density at radius 1 is 1.46 bits per heavy atom. The fourth-order valence-electron chi connectivity index (χ4n) is 2.69. The van der Waals surface area contributed by atoms with Crippen LogP contribution in [0.3, 0.4) is 0 Å². The number of hydrogen-bond donors (Lipinski definition) is 0. The van der Waals surface area contributed by atoms with E-state index in [4.69, 9.17) is 16.3 Å². The highest BCUT2D eigenvalue weighted by Crippen LogP contribution is 2.21. The van der Waals surface area contributed by atoms with Gasteiger partial charge in [-0.3, -0.25) is 4.21 Å². The van der Waals surface area contributed by atoms with Gasteiger partial charge < -0.3 is 9.64 Å². The van der Waals surface area contributed by atoms with Crippen LogP contribution in [0.4, 0.5) is 4.79 Å². The summed E-state index contributed by atoms with van der Waals surface area (Å²) in [6.45, 7) is 6.91. The number of likely N-dealkylation sites (tertiary alicyclic amines) is 1. The van der Waals surface area contributed by atoms with Crippen molar-refractivity contribution in [2.45, 2.75) is 45.0 Å². The quantitative estimate of drug-likeness (QED) is 0.757. The first-order valence-electron chi connectivity index (χ1n) is 8.16. The molecule has 0 aromatic carbocycles. The molecule has 0 bridgehead atoms. The fourth-order valence-corrected chi connectivity index (χ4v) is 4.26. The number of nitrogens with zero attached hydrogens (tertiary/aromatic N) is 2. The molecule has 24 heavy (non-hydrogen) atoms. The number of halogens is 1. The van der Waals surface area contributed by atoms with Crippen LogP contribution in [-0.2, 0) is 21.3 Å². The van der Waals surface area contributed by atoms with Gasteiger partial charge in [-0.15, -0.1) is 0 Å². The highest BCUT2D eigenvalue weighted by molar-refractivity contribution is 7.84. The number of hydrogen-bond acceptors (Lipinski definition) is 4. The van der Waals surface area contributed by atoms with Crippen molar-refractivity contribution in [2.24, 2.45) is 5.92 Å². The van der Waals surface area contributed by atoms with Crippen LogP contribution in [0, 0.1) is 5.92 Å².